The summed E-state index contributed by atoms with van der Waals surface area (Å²) in [5.41, 5.74) is 5.49. The van der Waals surface area contributed by atoms with Gasteiger partial charge in [0.2, 0.25) is 5.88 Å². The fourth-order valence-corrected chi connectivity index (χ4v) is 3.72. The van der Waals surface area contributed by atoms with Gasteiger partial charge in [-0.15, -0.1) is 0 Å². The van der Waals surface area contributed by atoms with Crippen molar-refractivity contribution in [2.75, 3.05) is 6.61 Å². The molecule has 0 unspecified atom stereocenters. The lowest BCUT2D eigenvalue weighted by Crippen LogP contribution is -2.14. The summed E-state index contributed by atoms with van der Waals surface area (Å²) in [5.74, 6) is 1.32. The molecule has 0 bridgehead atoms. The first-order chi connectivity index (χ1) is 13.4. The van der Waals surface area contributed by atoms with Crippen molar-refractivity contribution < 1.29 is 9.53 Å². The lowest BCUT2D eigenvalue weighted by molar-refractivity contribution is -0.121. The Labute approximate surface area is 165 Å². The second-order valence-corrected chi connectivity index (χ2v) is 8.10. The first-order valence-corrected chi connectivity index (χ1v) is 9.97. The van der Waals surface area contributed by atoms with Crippen LogP contribution in [0.1, 0.15) is 60.4 Å². The Hall–Kier alpha value is -2.69. The van der Waals surface area contributed by atoms with Crippen LogP contribution < -0.4 is 4.74 Å². The average molecular weight is 377 g/mol. The van der Waals surface area contributed by atoms with Crippen molar-refractivity contribution in [2.24, 2.45) is 7.05 Å². The molecule has 2 aromatic heterocycles. The summed E-state index contributed by atoms with van der Waals surface area (Å²) in [4.78, 5) is 17.0. The van der Waals surface area contributed by atoms with Crippen LogP contribution in [0.3, 0.4) is 0 Å². The van der Waals surface area contributed by atoms with E-state index in [2.05, 4.69) is 55.1 Å². The van der Waals surface area contributed by atoms with Crippen LogP contribution in [0, 0.1) is 13.8 Å². The highest BCUT2D eigenvalue weighted by Gasteiger charge is 2.30. The number of ketones is 1. The Balaban J connectivity index is 1.43. The number of hydrogen-bond acceptors (Lipinski definition) is 4. The number of fused-ring (bicyclic) bond motifs is 1. The fourth-order valence-electron chi connectivity index (χ4n) is 3.72. The summed E-state index contributed by atoms with van der Waals surface area (Å²) in [6.45, 7) is 6.24. The molecule has 1 aliphatic carbocycles. The quantitative estimate of drug-likeness (QED) is 0.604. The molecule has 146 valence electrons. The zero-order valence-corrected chi connectivity index (χ0v) is 17.0. The van der Waals surface area contributed by atoms with Crippen molar-refractivity contribution in [2.45, 2.75) is 51.9 Å². The van der Waals surface area contributed by atoms with E-state index in [0.717, 1.165) is 22.3 Å². The second kappa shape index (κ2) is 7.38. The first-order valence-electron chi connectivity index (χ1n) is 9.97. The molecule has 0 saturated heterocycles. The fraction of sp³-hybridized carbons (Fsp3) is 0.435. The van der Waals surface area contributed by atoms with Gasteiger partial charge in [0.05, 0.1) is 5.69 Å². The zero-order valence-electron chi connectivity index (χ0n) is 17.0. The molecule has 1 atom stereocenters. The van der Waals surface area contributed by atoms with Crippen LogP contribution in [0.15, 0.2) is 30.3 Å². The van der Waals surface area contributed by atoms with Gasteiger partial charge in [-0.25, -0.2) is 0 Å². The van der Waals surface area contributed by atoms with Crippen LogP contribution >= 0.6 is 0 Å². The molecule has 1 aliphatic rings. The monoisotopic (exact) mass is 377 g/mol. The van der Waals surface area contributed by atoms with Gasteiger partial charge in [-0.2, -0.15) is 10.1 Å². The topological polar surface area (TPSA) is 57.0 Å². The summed E-state index contributed by atoms with van der Waals surface area (Å²) in [7, 11) is 1.92. The molecule has 1 aromatic carbocycles. The molecular weight excluding hydrogens is 350 g/mol. The van der Waals surface area contributed by atoms with E-state index in [9.17, 15) is 4.79 Å². The second-order valence-electron chi connectivity index (χ2n) is 8.10. The van der Waals surface area contributed by atoms with Crippen molar-refractivity contribution in [1.29, 1.82) is 0 Å². The highest BCUT2D eigenvalue weighted by Crippen LogP contribution is 2.43. The van der Waals surface area contributed by atoms with E-state index in [1.54, 1.807) is 0 Å². The molecule has 1 saturated carbocycles. The normalized spacial score (nSPS) is 15.0. The molecule has 28 heavy (non-hydrogen) atoms. The van der Waals surface area contributed by atoms with E-state index in [-0.39, 0.29) is 18.3 Å². The SMILES string of the molecule is Cc1ccc([C@H](C)CC(=O)COc2cc(C)c3c(C4CC4)nn(C)c3n2)cc1. The summed E-state index contributed by atoms with van der Waals surface area (Å²) in [5, 5.41) is 5.80. The van der Waals surface area contributed by atoms with Gasteiger partial charge in [0.15, 0.2) is 11.4 Å². The van der Waals surface area contributed by atoms with Crippen LogP contribution in [-0.2, 0) is 11.8 Å². The number of rotatable bonds is 7. The lowest BCUT2D eigenvalue weighted by atomic mass is 9.95. The number of benzene rings is 1. The van der Waals surface area contributed by atoms with Crippen LogP contribution in [0.4, 0.5) is 0 Å². The van der Waals surface area contributed by atoms with Crippen molar-refractivity contribution >= 4 is 16.8 Å². The Kier molecular flexibility index (Phi) is 4.92. The van der Waals surface area contributed by atoms with Gasteiger partial charge in [-0.05, 0) is 43.7 Å². The van der Waals surface area contributed by atoms with Crippen molar-refractivity contribution in [1.82, 2.24) is 14.8 Å². The molecule has 2 heterocycles. The maximum atomic E-state index is 12.4. The maximum absolute atomic E-state index is 12.4. The Morgan fingerprint density at radius 3 is 2.64 bits per heavy atom. The third-order valence-corrected chi connectivity index (χ3v) is 5.52. The molecule has 0 spiro atoms. The van der Waals surface area contributed by atoms with Gasteiger partial charge in [0.25, 0.3) is 0 Å². The number of aromatic nitrogens is 3. The number of nitrogens with zero attached hydrogens (tertiary/aromatic N) is 3. The minimum Gasteiger partial charge on any atom is -0.470 e. The number of carbonyl (C=O) groups is 1. The van der Waals surface area contributed by atoms with E-state index < -0.39 is 0 Å². The Bertz CT molecular complexity index is 1020. The Morgan fingerprint density at radius 2 is 1.96 bits per heavy atom. The minimum absolute atomic E-state index is 0.0431. The Morgan fingerprint density at radius 1 is 1.25 bits per heavy atom. The molecule has 0 amide bonds. The molecule has 3 aromatic rings. The average Bonchev–Trinajstić information content (AvgIpc) is 3.45. The van der Waals surface area contributed by atoms with Crippen LogP contribution in [0.5, 0.6) is 5.88 Å². The van der Waals surface area contributed by atoms with Gasteiger partial charge in [0.1, 0.15) is 6.61 Å². The summed E-state index contributed by atoms with van der Waals surface area (Å²) < 4.78 is 7.57. The third-order valence-electron chi connectivity index (χ3n) is 5.52. The number of pyridine rings is 1. The zero-order chi connectivity index (χ0) is 19.8. The number of aryl methyl sites for hydroxylation is 3. The molecule has 5 nitrogen and oxygen atoms in total. The lowest BCUT2D eigenvalue weighted by Gasteiger charge is -2.12. The predicted octanol–water partition coefficient (Wildman–Crippen LogP) is 4.60. The predicted molar refractivity (Wildman–Crippen MR) is 110 cm³/mol. The van der Waals surface area contributed by atoms with Crippen molar-refractivity contribution in [3.8, 4) is 5.88 Å². The van der Waals surface area contributed by atoms with Crippen LogP contribution in [0.2, 0.25) is 0 Å². The van der Waals surface area contributed by atoms with E-state index in [0.29, 0.717) is 18.2 Å². The summed E-state index contributed by atoms with van der Waals surface area (Å²) in [6, 6.07) is 10.3. The summed E-state index contributed by atoms with van der Waals surface area (Å²) in [6.07, 6.45) is 2.87. The van der Waals surface area contributed by atoms with E-state index >= 15 is 0 Å². The molecule has 0 N–H and O–H groups in total. The maximum Gasteiger partial charge on any atom is 0.215 e. The largest absolute Gasteiger partial charge is 0.470 e. The number of Topliss-reactive ketones (excluding diaryl/α,β-unsaturated/α-hetero) is 1. The summed E-state index contributed by atoms with van der Waals surface area (Å²) >= 11 is 0. The van der Waals surface area contributed by atoms with Crippen molar-refractivity contribution in [3.63, 3.8) is 0 Å². The molecule has 4 rings (SSSR count). The van der Waals surface area contributed by atoms with Gasteiger partial charge >= 0.3 is 0 Å². The van der Waals surface area contributed by atoms with Gasteiger partial charge in [-0.1, -0.05) is 36.8 Å². The van der Waals surface area contributed by atoms with Crippen LogP contribution in [0.25, 0.3) is 11.0 Å². The minimum atomic E-state index is 0.0431. The smallest absolute Gasteiger partial charge is 0.215 e. The molecule has 1 fully saturated rings. The standard InChI is InChI=1S/C23H27N3O2/c1-14-5-7-17(8-6-14)15(2)11-19(27)13-28-20-12-16(3)21-22(18-9-10-18)25-26(4)23(21)24-20/h5-8,12,15,18H,9-11,13H2,1-4H3/t15-/m1/s1. The highest BCUT2D eigenvalue weighted by atomic mass is 16.5. The van der Waals surface area contributed by atoms with Gasteiger partial charge in [0, 0.05) is 30.8 Å². The number of carbonyl (C=O) groups excluding carboxylic acids is 1. The highest BCUT2D eigenvalue weighted by molar-refractivity contribution is 5.84. The van der Waals surface area contributed by atoms with Gasteiger partial charge in [-0.3, -0.25) is 9.48 Å². The molecule has 0 aliphatic heterocycles. The number of ether oxygens (including phenoxy) is 1. The third kappa shape index (κ3) is 3.79. The van der Waals surface area contributed by atoms with E-state index in [1.807, 2.05) is 17.8 Å². The van der Waals surface area contributed by atoms with Crippen LogP contribution in [-0.4, -0.2) is 27.2 Å². The van der Waals surface area contributed by atoms with E-state index in [4.69, 9.17) is 4.74 Å². The van der Waals surface area contributed by atoms with Crippen molar-refractivity contribution in [3.05, 3.63) is 52.7 Å². The van der Waals surface area contributed by atoms with E-state index in [1.165, 1.54) is 24.0 Å². The molecule has 0 radical (unpaired) electrons. The van der Waals surface area contributed by atoms with Gasteiger partial charge < -0.3 is 4.74 Å². The number of hydrogen-bond donors (Lipinski definition) is 0. The first kappa shape index (κ1) is 18.7. The molecule has 5 heteroatoms. The molecular formula is C23H27N3O2.